The maximum absolute atomic E-state index is 12.1. The molecule has 29 heavy (non-hydrogen) atoms. The Morgan fingerprint density at radius 2 is 1.93 bits per heavy atom. The monoisotopic (exact) mass is 400 g/mol. The van der Waals surface area contributed by atoms with Crippen LogP contribution in [-0.4, -0.2) is 39.4 Å². The highest BCUT2D eigenvalue weighted by Gasteiger charge is 2.54. The Bertz CT molecular complexity index is 756. The lowest BCUT2D eigenvalue weighted by Gasteiger charge is -2.55. The van der Waals surface area contributed by atoms with Crippen LogP contribution in [0.15, 0.2) is 35.9 Å². The second-order valence-electron chi connectivity index (χ2n) is 9.34. The van der Waals surface area contributed by atoms with Gasteiger partial charge in [-0.15, -0.1) is 0 Å². The SMILES string of the molecule is CC1=C[C@H](C)[C@]2(COC(=O)NC(C)C)CO[C@H](c3ccc(N(C)C)cc3)[C@@H]1[C@H]2C. The van der Waals surface area contributed by atoms with E-state index in [4.69, 9.17) is 9.47 Å². The second kappa shape index (κ2) is 8.39. The van der Waals surface area contributed by atoms with Gasteiger partial charge in [0.2, 0.25) is 0 Å². The fraction of sp³-hybridized carbons (Fsp3) is 0.625. The van der Waals surface area contributed by atoms with Crippen molar-refractivity contribution in [2.24, 2.45) is 23.2 Å². The molecular weight excluding hydrogens is 364 g/mol. The number of hydrogen-bond donors (Lipinski definition) is 1. The normalized spacial score (nSPS) is 31.2. The summed E-state index contributed by atoms with van der Waals surface area (Å²) in [4.78, 5) is 14.2. The zero-order valence-corrected chi connectivity index (χ0v) is 18.9. The van der Waals surface area contributed by atoms with E-state index in [1.165, 1.54) is 16.8 Å². The molecule has 5 atom stereocenters. The summed E-state index contributed by atoms with van der Waals surface area (Å²) in [6.45, 7) is 11.6. The number of amides is 1. The summed E-state index contributed by atoms with van der Waals surface area (Å²) in [5, 5.41) is 2.82. The molecule has 5 heteroatoms. The lowest BCUT2D eigenvalue weighted by atomic mass is 9.56. The van der Waals surface area contributed by atoms with Crippen LogP contribution in [0.5, 0.6) is 0 Å². The van der Waals surface area contributed by atoms with E-state index in [2.05, 4.69) is 61.3 Å². The second-order valence-corrected chi connectivity index (χ2v) is 9.34. The van der Waals surface area contributed by atoms with Crippen molar-refractivity contribution in [3.05, 3.63) is 41.5 Å². The molecule has 160 valence electrons. The van der Waals surface area contributed by atoms with Gasteiger partial charge in [-0.2, -0.15) is 0 Å². The Morgan fingerprint density at radius 3 is 2.52 bits per heavy atom. The number of allylic oxidation sites excluding steroid dienone is 1. The van der Waals surface area contributed by atoms with Gasteiger partial charge in [0.25, 0.3) is 0 Å². The molecule has 1 aliphatic carbocycles. The first-order chi connectivity index (χ1) is 13.7. The van der Waals surface area contributed by atoms with E-state index in [0.29, 0.717) is 19.1 Å². The Labute approximate surface area is 175 Å². The van der Waals surface area contributed by atoms with Crippen molar-refractivity contribution in [1.82, 2.24) is 5.32 Å². The number of anilines is 1. The topological polar surface area (TPSA) is 50.8 Å². The van der Waals surface area contributed by atoms with Gasteiger partial charge < -0.3 is 19.7 Å². The summed E-state index contributed by atoms with van der Waals surface area (Å²) in [7, 11) is 4.10. The molecule has 0 radical (unpaired) electrons. The molecular formula is C24H36N2O3. The van der Waals surface area contributed by atoms with Crippen molar-refractivity contribution < 1.29 is 14.3 Å². The minimum Gasteiger partial charge on any atom is -0.449 e. The summed E-state index contributed by atoms with van der Waals surface area (Å²) in [6.07, 6.45) is 2.04. The van der Waals surface area contributed by atoms with Crippen LogP contribution in [0, 0.1) is 23.2 Å². The maximum Gasteiger partial charge on any atom is 0.407 e. The van der Waals surface area contributed by atoms with Crippen LogP contribution in [0.4, 0.5) is 10.5 Å². The number of rotatable bonds is 5. The van der Waals surface area contributed by atoms with Gasteiger partial charge in [0, 0.05) is 37.2 Å². The van der Waals surface area contributed by atoms with Gasteiger partial charge in [0.1, 0.15) is 6.61 Å². The summed E-state index contributed by atoms with van der Waals surface area (Å²) in [5.74, 6) is 0.918. The average Bonchev–Trinajstić information content (AvgIpc) is 2.65. The van der Waals surface area contributed by atoms with Crippen molar-refractivity contribution in [3.8, 4) is 0 Å². The standard InChI is InChI=1S/C24H36N2O3/c1-15(2)25-23(27)29-14-24-13-28-22(19-8-10-20(11-9-19)26(6)7)21(18(24)5)16(3)12-17(24)4/h8-12,15,17-18,21-22H,13-14H2,1-7H3,(H,25,27)/t17-,18+,21-,22+,24+/m0/s1. The molecule has 1 amide bonds. The van der Waals surface area contributed by atoms with Crippen LogP contribution < -0.4 is 10.2 Å². The minimum atomic E-state index is -0.349. The van der Waals surface area contributed by atoms with E-state index in [0.717, 1.165) is 0 Å². The minimum absolute atomic E-state index is 0.0302. The van der Waals surface area contributed by atoms with Gasteiger partial charge in [-0.1, -0.05) is 37.6 Å². The third-order valence-corrected chi connectivity index (χ3v) is 6.87. The van der Waals surface area contributed by atoms with Crippen molar-refractivity contribution in [2.75, 3.05) is 32.2 Å². The van der Waals surface area contributed by atoms with E-state index >= 15 is 0 Å². The van der Waals surface area contributed by atoms with Crippen molar-refractivity contribution in [3.63, 3.8) is 0 Å². The zero-order valence-electron chi connectivity index (χ0n) is 18.9. The lowest BCUT2D eigenvalue weighted by Crippen LogP contribution is -2.55. The molecule has 1 aromatic rings. The van der Waals surface area contributed by atoms with Gasteiger partial charge in [0.15, 0.2) is 0 Å². The molecule has 5 nitrogen and oxygen atoms in total. The Morgan fingerprint density at radius 1 is 1.28 bits per heavy atom. The lowest BCUT2D eigenvalue weighted by molar-refractivity contribution is -0.165. The van der Waals surface area contributed by atoms with Gasteiger partial charge in [-0.3, -0.25) is 0 Å². The van der Waals surface area contributed by atoms with Crippen LogP contribution in [0.2, 0.25) is 0 Å². The van der Waals surface area contributed by atoms with E-state index in [9.17, 15) is 4.79 Å². The van der Waals surface area contributed by atoms with Gasteiger partial charge in [-0.25, -0.2) is 4.79 Å². The fourth-order valence-corrected chi connectivity index (χ4v) is 5.00. The first-order valence-corrected chi connectivity index (χ1v) is 10.7. The highest BCUT2D eigenvalue weighted by Crippen LogP contribution is 2.56. The van der Waals surface area contributed by atoms with Crippen molar-refractivity contribution in [1.29, 1.82) is 0 Å². The van der Waals surface area contributed by atoms with Crippen LogP contribution >= 0.6 is 0 Å². The molecule has 0 saturated carbocycles. The summed E-state index contributed by atoms with van der Waals surface area (Å²) < 4.78 is 12.2. The number of fused-ring (bicyclic) bond motifs is 2. The molecule has 1 aliphatic heterocycles. The van der Waals surface area contributed by atoms with Crippen LogP contribution in [0.25, 0.3) is 0 Å². The molecule has 1 N–H and O–H groups in total. The molecule has 0 unspecified atom stereocenters. The van der Waals surface area contributed by atoms with Crippen LogP contribution in [0.1, 0.15) is 46.3 Å². The van der Waals surface area contributed by atoms with Gasteiger partial charge >= 0.3 is 6.09 Å². The average molecular weight is 401 g/mol. The number of nitrogens with zero attached hydrogens (tertiary/aromatic N) is 1. The molecule has 1 fully saturated rings. The molecule has 1 aromatic carbocycles. The van der Waals surface area contributed by atoms with Crippen LogP contribution in [0.3, 0.4) is 0 Å². The van der Waals surface area contributed by atoms with E-state index in [1.54, 1.807) is 0 Å². The van der Waals surface area contributed by atoms with Gasteiger partial charge in [0.05, 0.1) is 12.7 Å². The molecule has 1 saturated heterocycles. The summed E-state index contributed by atoms with van der Waals surface area (Å²) in [5.41, 5.74) is 3.56. The van der Waals surface area contributed by atoms with Crippen molar-refractivity contribution in [2.45, 2.75) is 46.8 Å². The number of carbonyl (C=O) groups is 1. The summed E-state index contributed by atoms with van der Waals surface area (Å²) in [6, 6.07) is 8.72. The first-order valence-electron chi connectivity index (χ1n) is 10.7. The number of carbonyl (C=O) groups excluding carboxylic acids is 1. The van der Waals surface area contributed by atoms with Crippen molar-refractivity contribution >= 4 is 11.8 Å². The molecule has 1 heterocycles. The summed E-state index contributed by atoms with van der Waals surface area (Å²) >= 11 is 0. The third-order valence-electron chi connectivity index (χ3n) is 6.87. The Hall–Kier alpha value is -2.01. The molecule has 2 aliphatic rings. The number of nitrogens with one attached hydrogen (secondary N) is 1. The molecule has 0 aromatic heterocycles. The smallest absolute Gasteiger partial charge is 0.407 e. The Kier molecular flexibility index (Phi) is 6.27. The highest BCUT2D eigenvalue weighted by molar-refractivity contribution is 5.67. The maximum atomic E-state index is 12.1. The fourth-order valence-electron chi connectivity index (χ4n) is 5.00. The predicted octanol–water partition coefficient (Wildman–Crippen LogP) is 4.79. The Balaban J connectivity index is 1.83. The number of hydrogen-bond acceptors (Lipinski definition) is 4. The van der Waals surface area contributed by atoms with E-state index in [1.807, 2.05) is 27.9 Å². The predicted molar refractivity (Wildman–Crippen MR) is 117 cm³/mol. The molecule has 0 spiro atoms. The number of ether oxygens (including phenoxy) is 2. The molecule has 2 bridgehead atoms. The molecule has 3 rings (SSSR count). The number of alkyl carbamates (subject to hydrolysis) is 1. The quantitative estimate of drug-likeness (QED) is 0.722. The third kappa shape index (κ3) is 4.16. The van der Waals surface area contributed by atoms with Crippen LogP contribution in [-0.2, 0) is 9.47 Å². The largest absolute Gasteiger partial charge is 0.449 e. The number of benzene rings is 1. The van der Waals surface area contributed by atoms with Gasteiger partial charge in [-0.05, 0) is 50.3 Å². The zero-order chi connectivity index (χ0) is 21.3. The van der Waals surface area contributed by atoms with E-state index < -0.39 is 0 Å². The first kappa shape index (κ1) is 21.7. The highest BCUT2D eigenvalue weighted by atomic mass is 16.6. The van der Waals surface area contributed by atoms with E-state index in [-0.39, 0.29) is 35.5 Å².